The first-order chi connectivity index (χ1) is 9.76. The van der Waals surface area contributed by atoms with E-state index in [0.29, 0.717) is 41.6 Å². The Hall–Kier alpha value is -2.24. The summed E-state index contributed by atoms with van der Waals surface area (Å²) in [5.41, 5.74) is 0.337. The predicted molar refractivity (Wildman–Crippen MR) is 69.2 cm³/mol. The first-order valence-corrected chi connectivity index (χ1v) is 6.54. The molecule has 106 valence electrons. The summed E-state index contributed by atoms with van der Waals surface area (Å²) in [7, 11) is 0. The van der Waals surface area contributed by atoms with Crippen LogP contribution in [0.2, 0.25) is 0 Å². The highest BCUT2D eigenvalue weighted by Crippen LogP contribution is 2.37. The van der Waals surface area contributed by atoms with Gasteiger partial charge in [0, 0.05) is 12.6 Å². The Balaban J connectivity index is 1.61. The largest absolute Gasteiger partial charge is 0.483 e. The summed E-state index contributed by atoms with van der Waals surface area (Å²) < 4.78 is 15.8. The molecule has 1 aromatic carbocycles. The Bertz CT molecular complexity index is 539. The number of carbonyl (C=O) groups is 2. The highest BCUT2D eigenvalue weighted by atomic mass is 16.7. The van der Waals surface area contributed by atoms with Gasteiger partial charge in [-0.15, -0.1) is 0 Å². The van der Waals surface area contributed by atoms with Crippen LogP contribution in [0.3, 0.4) is 0 Å². The van der Waals surface area contributed by atoms with Gasteiger partial charge < -0.3 is 19.5 Å². The fraction of sp³-hybridized carbons (Fsp3) is 0.429. The third-order valence-electron chi connectivity index (χ3n) is 3.28. The van der Waals surface area contributed by atoms with E-state index in [4.69, 9.17) is 14.2 Å². The van der Waals surface area contributed by atoms with Gasteiger partial charge in [-0.25, -0.2) is 0 Å². The van der Waals surface area contributed by atoms with Crippen molar-refractivity contribution in [2.75, 3.05) is 19.9 Å². The molecule has 1 heterocycles. The lowest BCUT2D eigenvalue weighted by Crippen LogP contribution is -2.30. The Morgan fingerprint density at radius 2 is 2.10 bits per heavy atom. The van der Waals surface area contributed by atoms with E-state index in [-0.39, 0.29) is 19.3 Å². The number of fused-ring (bicyclic) bond motifs is 1. The van der Waals surface area contributed by atoms with E-state index in [1.807, 2.05) is 0 Å². The van der Waals surface area contributed by atoms with Crippen LogP contribution in [0.25, 0.3) is 0 Å². The van der Waals surface area contributed by atoms with Crippen molar-refractivity contribution in [1.82, 2.24) is 5.32 Å². The minimum absolute atomic E-state index is 0.118. The van der Waals surface area contributed by atoms with Crippen molar-refractivity contribution in [2.24, 2.45) is 5.92 Å². The van der Waals surface area contributed by atoms with Crippen LogP contribution in [0.4, 0.5) is 0 Å². The maximum absolute atomic E-state index is 11.6. The zero-order chi connectivity index (χ0) is 13.9. The van der Waals surface area contributed by atoms with Crippen LogP contribution in [0.15, 0.2) is 12.1 Å². The molecule has 3 rings (SSSR count). The monoisotopic (exact) mass is 277 g/mol. The topological polar surface area (TPSA) is 73.9 Å². The van der Waals surface area contributed by atoms with Gasteiger partial charge in [-0.2, -0.15) is 0 Å². The Labute approximate surface area is 116 Å². The quantitative estimate of drug-likeness (QED) is 0.789. The molecule has 1 saturated carbocycles. The second-order valence-corrected chi connectivity index (χ2v) is 4.90. The van der Waals surface area contributed by atoms with E-state index in [0.717, 1.165) is 0 Å². The maximum atomic E-state index is 11.6. The lowest BCUT2D eigenvalue weighted by molar-refractivity contribution is -0.123. The molecule has 0 radical (unpaired) electrons. The van der Waals surface area contributed by atoms with E-state index in [1.165, 1.54) is 12.8 Å². The van der Waals surface area contributed by atoms with E-state index >= 15 is 0 Å². The van der Waals surface area contributed by atoms with Gasteiger partial charge in [-0.3, -0.25) is 9.59 Å². The number of ether oxygens (including phenoxy) is 3. The fourth-order valence-corrected chi connectivity index (χ4v) is 1.93. The second-order valence-electron chi connectivity index (χ2n) is 4.90. The molecule has 0 spiro atoms. The Morgan fingerprint density at radius 3 is 2.80 bits per heavy atom. The molecule has 0 bridgehead atoms. The molecule has 6 heteroatoms. The van der Waals surface area contributed by atoms with E-state index in [1.54, 1.807) is 12.1 Å². The lowest BCUT2D eigenvalue weighted by atomic mass is 10.2. The number of benzene rings is 1. The van der Waals surface area contributed by atoms with Crippen molar-refractivity contribution in [3.05, 3.63) is 17.7 Å². The molecule has 6 nitrogen and oxygen atoms in total. The lowest BCUT2D eigenvalue weighted by Gasteiger charge is -2.09. The maximum Gasteiger partial charge on any atom is 0.257 e. The minimum atomic E-state index is -0.189. The van der Waals surface area contributed by atoms with Gasteiger partial charge in [0.15, 0.2) is 24.4 Å². The third-order valence-corrected chi connectivity index (χ3v) is 3.28. The first kappa shape index (κ1) is 12.8. The highest BCUT2D eigenvalue weighted by Gasteiger charge is 2.22. The van der Waals surface area contributed by atoms with Gasteiger partial charge in [-0.05, 0) is 24.8 Å². The van der Waals surface area contributed by atoms with Crippen LogP contribution in [-0.2, 0) is 4.79 Å². The molecule has 2 aliphatic rings. The summed E-state index contributed by atoms with van der Waals surface area (Å²) in [6.07, 6.45) is 3.02. The van der Waals surface area contributed by atoms with Crippen molar-refractivity contribution in [3.63, 3.8) is 0 Å². The van der Waals surface area contributed by atoms with Gasteiger partial charge in [0.25, 0.3) is 5.91 Å². The van der Waals surface area contributed by atoms with E-state index in [2.05, 4.69) is 5.32 Å². The summed E-state index contributed by atoms with van der Waals surface area (Å²) in [6, 6.07) is 3.12. The zero-order valence-corrected chi connectivity index (χ0v) is 10.9. The van der Waals surface area contributed by atoms with Gasteiger partial charge in [0.2, 0.25) is 6.79 Å². The summed E-state index contributed by atoms with van der Waals surface area (Å²) in [6.45, 7) is 0.704. The van der Waals surface area contributed by atoms with Gasteiger partial charge in [0.1, 0.15) is 5.75 Å². The van der Waals surface area contributed by atoms with Crippen molar-refractivity contribution in [2.45, 2.75) is 12.8 Å². The number of amides is 1. The zero-order valence-electron chi connectivity index (χ0n) is 10.9. The molecule has 1 fully saturated rings. The number of aldehydes is 1. The molecule has 1 amide bonds. The number of hydrogen-bond donors (Lipinski definition) is 1. The van der Waals surface area contributed by atoms with Crippen LogP contribution in [0, 0.1) is 5.92 Å². The summed E-state index contributed by atoms with van der Waals surface area (Å²) in [5.74, 6) is 1.79. The SMILES string of the molecule is O=Cc1cc2c(cc1OCC(=O)NCC1CC1)OCO2. The third kappa shape index (κ3) is 2.84. The minimum Gasteiger partial charge on any atom is -0.483 e. The Kier molecular flexibility index (Phi) is 3.45. The van der Waals surface area contributed by atoms with Crippen LogP contribution in [0.1, 0.15) is 23.2 Å². The molecule has 1 aliphatic heterocycles. The Morgan fingerprint density at radius 1 is 1.35 bits per heavy atom. The average Bonchev–Trinajstić information content (AvgIpc) is 3.18. The van der Waals surface area contributed by atoms with E-state index in [9.17, 15) is 9.59 Å². The number of carbonyl (C=O) groups excluding carboxylic acids is 2. The molecule has 20 heavy (non-hydrogen) atoms. The molecule has 0 saturated heterocycles. The molecule has 0 unspecified atom stereocenters. The molecule has 0 aromatic heterocycles. The molecule has 1 aromatic rings. The molecular weight excluding hydrogens is 262 g/mol. The second kappa shape index (κ2) is 5.40. The van der Waals surface area contributed by atoms with Crippen LogP contribution >= 0.6 is 0 Å². The summed E-state index contributed by atoms with van der Waals surface area (Å²) in [5, 5.41) is 2.80. The molecule has 0 atom stereocenters. The van der Waals surface area contributed by atoms with Crippen LogP contribution in [-0.4, -0.2) is 32.1 Å². The van der Waals surface area contributed by atoms with Crippen LogP contribution in [0.5, 0.6) is 17.2 Å². The number of hydrogen-bond acceptors (Lipinski definition) is 5. The van der Waals surface area contributed by atoms with Gasteiger partial charge >= 0.3 is 0 Å². The number of nitrogens with one attached hydrogen (secondary N) is 1. The van der Waals surface area contributed by atoms with Crippen LogP contribution < -0.4 is 19.5 Å². The normalized spacial score (nSPS) is 15.8. The van der Waals surface area contributed by atoms with Crippen molar-refractivity contribution < 1.29 is 23.8 Å². The fourth-order valence-electron chi connectivity index (χ4n) is 1.93. The summed E-state index contributed by atoms with van der Waals surface area (Å²) >= 11 is 0. The predicted octanol–water partition coefficient (Wildman–Crippen LogP) is 1.13. The molecule has 1 aliphatic carbocycles. The smallest absolute Gasteiger partial charge is 0.257 e. The van der Waals surface area contributed by atoms with Gasteiger partial charge in [-0.1, -0.05) is 0 Å². The van der Waals surface area contributed by atoms with Gasteiger partial charge in [0.05, 0.1) is 5.56 Å². The number of rotatable bonds is 6. The molecular formula is C14H15NO5. The average molecular weight is 277 g/mol. The van der Waals surface area contributed by atoms with Crippen molar-refractivity contribution >= 4 is 12.2 Å². The molecule has 1 N–H and O–H groups in total. The van der Waals surface area contributed by atoms with Crippen molar-refractivity contribution in [3.8, 4) is 17.2 Å². The first-order valence-electron chi connectivity index (χ1n) is 6.54. The van der Waals surface area contributed by atoms with E-state index < -0.39 is 0 Å². The standard InChI is InChI=1S/C14H15NO5/c16-6-10-3-12-13(20-8-19-12)4-11(10)18-7-14(17)15-5-9-1-2-9/h3-4,6,9H,1-2,5,7-8H2,(H,15,17). The highest BCUT2D eigenvalue weighted by molar-refractivity contribution is 5.82. The summed E-state index contributed by atoms with van der Waals surface area (Å²) in [4.78, 5) is 22.6. The van der Waals surface area contributed by atoms with Crippen molar-refractivity contribution in [1.29, 1.82) is 0 Å².